The van der Waals surface area contributed by atoms with Crippen LogP contribution in [0, 0.1) is 0 Å². The zero-order valence-corrected chi connectivity index (χ0v) is 14.8. The van der Waals surface area contributed by atoms with Crippen LogP contribution in [0.1, 0.15) is 35.6 Å². The van der Waals surface area contributed by atoms with Crippen LogP contribution in [0.15, 0.2) is 6.20 Å². The van der Waals surface area contributed by atoms with Gasteiger partial charge in [-0.05, 0) is 19.4 Å². The Morgan fingerprint density at radius 1 is 1.46 bits per heavy atom. The fraction of sp³-hybridized carbons (Fsp3) is 0.714. The molecule has 1 amide bonds. The third-order valence-corrected chi connectivity index (χ3v) is 4.85. The van der Waals surface area contributed by atoms with E-state index in [0.717, 1.165) is 32.0 Å². The minimum absolute atomic E-state index is 0. The lowest BCUT2D eigenvalue weighted by atomic mass is 10.0. The number of carbonyl (C=O) groups is 1. The number of hydrogen-bond donors (Lipinski definition) is 2. The number of nitrogens with zero attached hydrogens (tertiary/aromatic N) is 2. The first kappa shape index (κ1) is 21.1. The summed E-state index contributed by atoms with van der Waals surface area (Å²) in [7, 11) is 0. The van der Waals surface area contributed by atoms with Gasteiger partial charge in [-0.25, -0.2) is 4.98 Å². The molecule has 0 bridgehead atoms. The van der Waals surface area contributed by atoms with Crippen molar-refractivity contribution in [2.24, 2.45) is 5.73 Å². The monoisotopic (exact) mass is 386 g/mol. The molecule has 10 heteroatoms. The first-order valence-electron chi connectivity index (χ1n) is 7.63. The van der Waals surface area contributed by atoms with Gasteiger partial charge in [0.05, 0.1) is 12.7 Å². The highest BCUT2D eigenvalue weighted by molar-refractivity contribution is 7.11. The Labute approximate surface area is 149 Å². The van der Waals surface area contributed by atoms with Gasteiger partial charge in [0.25, 0.3) is 0 Å². The molecule has 1 aliphatic heterocycles. The number of amides is 1. The fourth-order valence-electron chi connectivity index (χ4n) is 2.64. The second kappa shape index (κ2) is 9.55. The molecular formula is C14H22ClF3N4OS. The molecule has 2 rings (SSSR count). The van der Waals surface area contributed by atoms with Crippen molar-refractivity contribution in [2.45, 2.75) is 44.4 Å². The highest BCUT2D eigenvalue weighted by Gasteiger charge is 2.33. The highest BCUT2D eigenvalue weighted by atomic mass is 35.5. The van der Waals surface area contributed by atoms with E-state index in [0.29, 0.717) is 36.0 Å². The second-order valence-electron chi connectivity index (χ2n) is 5.58. The molecule has 1 fully saturated rings. The van der Waals surface area contributed by atoms with E-state index in [1.165, 1.54) is 0 Å². The molecule has 1 aromatic rings. The van der Waals surface area contributed by atoms with Crippen molar-refractivity contribution in [2.75, 3.05) is 19.6 Å². The number of hydrogen-bond acceptors (Lipinski definition) is 5. The molecule has 1 unspecified atom stereocenters. The van der Waals surface area contributed by atoms with E-state index in [9.17, 15) is 18.0 Å². The lowest BCUT2D eigenvalue weighted by Gasteiger charge is -2.35. The lowest BCUT2D eigenvalue weighted by molar-refractivity contribution is -0.134. The second-order valence-corrected chi connectivity index (χ2v) is 6.69. The first-order valence-corrected chi connectivity index (χ1v) is 8.44. The predicted octanol–water partition coefficient (Wildman–Crippen LogP) is 2.40. The number of carbonyl (C=O) groups excluding carboxylic acids is 1. The van der Waals surface area contributed by atoms with Crippen LogP contribution in [0.3, 0.4) is 0 Å². The summed E-state index contributed by atoms with van der Waals surface area (Å²) >= 11 is 0.686. The van der Waals surface area contributed by atoms with Crippen LogP contribution in [0.4, 0.5) is 13.2 Å². The Morgan fingerprint density at radius 2 is 2.21 bits per heavy atom. The molecule has 0 radical (unpaired) electrons. The largest absolute Gasteiger partial charge is 0.427 e. The van der Waals surface area contributed by atoms with Crippen molar-refractivity contribution < 1.29 is 18.0 Å². The summed E-state index contributed by atoms with van der Waals surface area (Å²) in [5, 5.41) is 3.30. The number of alkyl halides is 3. The van der Waals surface area contributed by atoms with Crippen LogP contribution in [-0.4, -0.2) is 41.5 Å². The van der Waals surface area contributed by atoms with Crippen LogP contribution < -0.4 is 11.1 Å². The number of likely N-dealkylation sites (tertiary alicyclic amines) is 1. The van der Waals surface area contributed by atoms with E-state index in [1.54, 1.807) is 0 Å². The van der Waals surface area contributed by atoms with Crippen molar-refractivity contribution >= 4 is 29.7 Å². The molecule has 5 nitrogen and oxygen atoms in total. The Balaban J connectivity index is 0.00000288. The molecule has 0 spiro atoms. The molecule has 0 aliphatic carbocycles. The third-order valence-electron chi connectivity index (χ3n) is 3.83. The van der Waals surface area contributed by atoms with Gasteiger partial charge >= 0.3 is 6.18 Å². The van der Waals surface area contributed by atoms with Gasteiger partial charge in [-0.1, -0.05) is 6.42 Å². The maximum Gasteiger partial charge on any atom is 0.427 e. The average molecular weight is 387 g/mol. The highest BCUT2D eigenvalue weighted by Crippen LogP contribution is 2.34. The molecule has 1 aliphatic rings. The predicted molar refractivity (Wildman–Crippen MR) is 89.1 cm³/mol. The zero-order valence-electron chi connectivity index (χ0n) is 13.1. The Kier molecular flexibility index (Phi) is 8.41. The quantitative estimate of drug-likeness (QED) is 0.787. The van der Waals surface area contributed by atoms with Gasteiger partial charge in [0, 0.05) is 25.6 Å². The molecule has 1 atom stereocenters. The summed E-state index contributed by atoms with van der Waals surface area (Å²) in [6.07, 6.45) is -0.186. The molecule has 138 valence electrons. The van der Waals surface area contributed by atoms with Crippen LogP contribution in [0.2, 0.25) is 0 Å². The lowest BCUT2D eigenvalue weighted by Crippen LogP contribution is -2.46. The van der Waals surface area contributed by atoms with Gasteiger partial charge in [-0.3, -0.25) is 9.69 Å². The first-order chi connectivity index (χ1) is 10.9. The van der Waals surface area contributed by atoms with Crippen LogP contribution in [-0.2, 0) is 17.5 Å². The van der Waals surface area contributed by atoms with Crippen molar-refractivity contribution in [3.05, 3.63) is 16.1 Å². The standard InChI is InChI=1S/C14H21F3N4OS.ClH/c15-14(16,17)11-8-20-13(23-11)9-21-6-2-1-3-10(21)7-19-12(22)4-5-18;/h8,10H,1-7,9,18H2,(H,19,22);1H. The van der Waals surface area contributed by atoms with Crippen molar-refractivity contribution in [3.63, 3.8) is 0 Å². The summed E-state index contributed by atoms with van der Waals surface area (Å²) in [4.78, 5) is 16.8. The summed E-state index contributed by atoms with van der Waals surface area (Å²) in [5.41, 5.74) is 5.34. The Hall–Kier alpha value is -0.900. The molecule has 0 aromatic carbocycles. The van der Waals surface area contributed by atoms with E-state index in [4.69, 9.17) is 5.73 Å². The summed E-state index contributed by atoms with van der Waals surface area (Å²) in [6.45, 7) is 1.99. The Bertz CT molecular complexity index is 526. The normalized spacial score (nSPS) is 18.9. The average Bonchev–Trinajstić information content (AvgIpc) is 2.95. The maximum absolute atomic E-state index is 12.6. The van der Waals surface area contributed by atoms with Crippen LogP contribution >= 0.6 is 23.7 Å². The fourth-order valence-corrected chi connectivity index (χ4v) is 3.45. The zero-order chi connectivity index (χ0) is 16.9. The molecular weight excluding hydrogens is 365 g/mol. The number of halogens is 4. The molecule has 1 saturated heterocycles. The van der Waals surface area contributed by atoms with Gasteiger partial charge < -0.3 is 11.1 Å². The summed E-state index contributed by atoms with van der Waals surface area (Å²) in [5.74, 6) is -0.0911. The summed E-state index contributed by atoms with van der Waals surface area (Å²) < 4.78 is 37.9. The molecule has 2 heterocycles. The summed E-state index contributed by atoms with van der Waals surface area (Å²) in [6, 6.07) is 0.128. The topological polar surface area (TPSA) is 71.2 Å². The van der Waals surface area contributed by atoms with E-state index >= 15 is 0 Å². The van der Waals surface area contributed by atoms with Crippen molar-refractivity contribution in [1.82, 2.24) is 15.2 Å². The minimum atomic E-state index is -4.34. The van der Waals surface area contributed by atoms with E-state index in [1.807, 2.05) is 0 Å². The number of nitrogens with two attached hydrogens (primary N) is 1. The van der Waals surface area contributed by atoms with Crippen LogP contribution in [0.5, 0.6) is 0 Å². The van der Waals surface area contributed by atoms with Crippen molar-refractivity contribution in [1.29, 1.82) is 0 Å². The number of piperidine rings is 1. The van der Waals surface area contributed by atoms with Gasteiger partial charge in [0.2, 0.25) is 5.91 Å². The molecule has 1 aromatic heterocycles. The maximum atomic E-state index is 12.6. The number of nitrogens with one attached hydrogen (secondary N) is 1. The molecule has 3 N–H and O–H groups in total. The molecule has 0 saturated carbocycles. The molecule has 24 heavy (non-hydrogen) atoms. The van der Waals surface area contributed by atoms with Gasteiger partial charge in [0.1, 0.15) is 9.88 Å². The van der Waals surface area contributed by atoms with Crippen LogP contribution in [0.25, 0.3) is 0 Å². The van der Waals surface area contributed by atoms with Crippen molar-refractivity contribution in [3.8, 4) is 0 Å². The Morgan fingerprint density at radius 3 is 2.83 bits per heavy atom. The van der Waals surface area contributed by atoms with E-state index in [2.05, 4.69) is 15.2 Å². The van der Waals surface area contributed by atoms with E-state index in [-0.39, 0.29) is 30.8 Å². The number of rotatable bonds is 6. The number of thiazole rings is 1. The van der Waals surface area contributed by atoms with Gasteiger partial charge in [0.15, 0.2) is 0 Å². The van der Waals surface area contributed by atoms with Gasteiger partial charge in [-0.15, -0.1) is 23.7 Å². The van der Waals surface area contributed by atoms with E-state index < -0.39 is 11.1 Å². The minimum Gasteiger partial charge on any atom is -0.354 e. The third kappa shape index (κ3) is 6.19. The smallest absolute Gasteiger partial charge is 0.354 e. The number of aromatic nitrogens is 1. The van der Waals surface area contributed by atoms with Gasteiger partial charge in [-0.2, -0.15) is 13.2 Å². The SMILES string of the molecule is Cl.NCCC(=O)NCC1CCCCN1Cc1ncc(C(F)(F)F)s1.